The molecule has 30 heavy (non-hydrogen) atoms. The molecule has 3 aromatic rings. The van der Waals surface area contributed by atoms with Crippen LogP contribution < -0.4 is 10.2 Å². The van der Waals surface area contributed by atoms with Gasteiger partial charge in [-0.1, -0.05) is 29.8 Å². The van der Waals surface area contributed by atoms with Crippen molar-refractivity contribution in [3.63, 3.8) is 0 Å². The highest BCUT2D eigenvalue weighted by molar-refractivity contribution is 8.00. The summed E-state index contributed by atoms with van der Waals surface area (Å²) in [6, 6.07) is 18.6. The second-order valence-corrected chi connectivity index (χ2v) is 8.47. The average molecular weight is 441 g/mol. The van der Waals surface area contributed by atoms with Gasteiger partial charge in [-0.05, 0) is 66.6 Å². The number of hydrogen-bond acceptors (Lipinski definition) is 3. The van der Waals surface area contributed by atoms with E-state index in [1.807, 2.05) is 19.1 Å². The van der Waals surface area contributed by atoms with Gasteiger partial charge in [0.25, 0.3) is 5.91 Å². The molecule has 0 saturated carbocycles. The predicted octanol–water partition coefficient (Wildman–Crippen LogP) is 5.82. The fourth-order valence-corrected chi connectivity index (χ4v) is 4.60. The summed E-state index contributed by atoms with van der Waals surface area (Å²) in [7, 11) is 0. The van der Waals surface area contributed by atoms with Gasteiger partial charge in [-0.2, -0.15) is 0 Å². The first kappa shape index (κ1) is 20.4. The van der Waals surface area contributed by atoms with Crippen molar-refractivity contribution in [3.05, 3.63) is 94.3 Å². The zero-order valence-corrected chi connectivity index (χ0v) is 17.6. The van der Waals surface area contributed by atoms with Crippen LogP contribution >= 0.6 is 23.4 Å². The van der Waals surface area contributed by atoms with Crippen LogP contribution in [0, 0.1) is 12.7 Å². The van der Waals surface area contributed by atoms with E-state index in [4.69, 9.17) is 11.6 Å². The molecular weight excluding hydrogens is 423 g/mol. The molecule has 0 aliphatic carbocycles. The van der Waals surface area contributed by atoms with E-state index in [-0.39, 0.29) is 28.6 Å². The maximum atomic E-state index is 14.5. The molecule has 0 spiro atoms. The minimum Gasteiger partial charge on any atom is -0.322 e. The fraction of sp³-hybridized carbons (Fsp3) is 0.130. The van der Waals surface area contributed by atoms with Crippen molar-refractivity contribution in [3.8, 4) is 0 Å². The van der Waals surface area contributed by atoms with Crippen LogP contribution in [0.2, 0.25) is 5.02 Å². The summed E-state index contributed by atoms with van der Waals surface area (Å²) in [5, 5.41) is 3.04. The first-order valence-corrected chi connectivity index (χ1v) is 10.7. The topological polar surface area (TPSA) is 49.4 Å². The molecule has 4 rings (SSSR count). The number of benzene rings is 3. The summed E-state index contributed by atoms with van der Waals surface area (Å²) in [6.07, 6.45) is 0. The second-order valence-electron chi connectivity index (χ2n) is 6.97. The molecular formula is C23H18ClFN2O2S. The van der Waals surface area contributed by atoms with Gasteiger partial charge in [-0.3, -0.25) is 14.5 Å². The van der Waals surface area contributed by atoms with E-state index in [9.17, 15) is 14.0 Å². The molecule has 152 valence electrons. The van der Waals surface area contributed by atoms with E-state index >= 15 is 0 Å². The van der Waals surface area contributed by atoms with E-state index in [1.54, 1.807) is 48.5 Å². The van der Waals surface area contributed by atoms with Crippen LogP contribution in [0.25, 0.3) is 0 Å². The van der Waals surface area contributed by atoms with Crippen molar-refractivity contribution in [1.29, 1.82) is 0 Å². The summed E-state index contributed by atoms with van der Waals surface area (Å²) in [5.41, 5.74) is 3.03. The standard InChI is InChI=1S/C23H18ClFN2O2S/c1-14-5-10-19(25)20(11-14)27-21(28)13-30-23(27)16-3-2-4-18(12-16)26-22(29)15-6-8-17(24)9-7-15/h2-12,23H,13H2,1H3,(H,26,29). The van der Waals surface area contributed by atoms with Crippen LogP contribution in [-0.4, -0.2) is 17.6 Å². The highest BCUT2D eigenvalue weighted by atomic mass is 35.5. The second kappa shape index (κ2) is 8.50. The number of rotatable bonds is 4. The Balaban J connectivity index is 1.61. The number of carbonyl (C=O) groups excluding carboxylic acids is 2. The lowest BCUT2D eigenvalue weighted by Crippen LogP contribution is -2.28. The van der Waals surface area contributed by atoms with Gasteiger partial charge in [-0.25, -0.2) is 4.39 Å². The molecule has 0 radical (unpaired) electrons. The molecule has 1 aliphatic heterocycles. The van der Waals surface area contributed by atoms with Crippen molar-refractivity contribution in [1.82, 2.24) is 0 Å². The molecule has 0 aromatic heterocycles. The molecule has 7 heteroatoms. The number of amides is 2. The third kappa shape index (κ3) is 4.20. The number of carbonyl (C=O) groups is 2. The van der Waals surface area contributed by atoms with Crippen LogP contribution in [0.15, 0.2) is 66.7 Å². The van der Waals surface area contributed by atoms with Gasteiger partial charge in [0.2, 0.25) is 5.91 Å². The Bertz CT molecular complexity index is 1120. The number of hydrogen-bond donors (Lipinski definition) is 1. The van der Waals surface area contributed by atoms with Crippen LogP contribution in [0.4, 0.5) is 15.8 Å². The molecule has 1 N–H and O–H groups in total. The van der Waals surface area contributed by atoms with E-state index in [2.05, 4.69) is 5.32 Å². The van der Waals surface area contributed by atoms with Gasteiger partial charge in [0.1, 0.15) is 11.2 Å². The minimum absolute atomic E-state index is 0.148. The molecule has 1 unspecified atom stereocenters. The summed E-state index contributed by atoms with van der Waals surface area (Å²) in [6.45, 7) is 1.86. The van der Waals surface area contributed by atoms with Gasteiger partial charge in [0, 0.05) is 16.3 Å². The zero-order valence-electron chi connectivity index (χ0n) is 16.1. The van der Waals surface area contributed by atoms with Gasteiger partial charge in [0.15, 0.2) is 0 Å². The molecule has 2 amide bonds. The van der Waals surface area contributed by atoms with Crippen molar-refractivity contribution >= 4 is 46.6 Å². The number of nitrogens with one attached hydrogen (secondary N) is 1. The van der Waals surface area contributed by atoms with Crippen molar-refractivity contribution in [2.45, 2.75) is 12.3 Å². The van der Waals surface area contributed by atoms with Crippen LogP contribution in [-0.2, 0) is 4.79 Å². The maximum Gasteiger partial charge on any atom is 0.255 e. The molecule has 1 aliphatic rings. The Morgan fingerprint density at radius 3 is 2.67 bits per heavy atom. The largest absolute Gasteiger partial charge is 0.322 e. The SMILES string of the molecule is Cc1ccc(F)c(N2C(=O)CSC2c2cccc(NC(=O)c3ccc(Cl)cc3)c2)c1. The molecule has 1 atom stereocenters. The van der Waals surface area contributed by atoms with Gasteiger partial charge in [0.05, 0.1) is 11.4 Å². The summed E-state index contributed by atoms with van der Waals surface area (Å²) in [5.74, 6) is -0.585. The van der Waals surface area contributed by atoms with Crippen LogP contribution in [0.3, 0.4) is 0 Å². The number of aryl methyl sites for hydroxylation is 1. The monoisotopic (exact) mass is 440 g/mol. The molecule has 1 saturated heterocycles. The minimum atomic E-state index is -0.436. The Labute approximate surface area is 183 Å². The van der Waals surface area contributed by atoms with Crippen molar-refractivity contribution in [2.75, 3.05) is 16.0 Å². The predicted molar refractivity (Wildman–Crippen MR) is 120 cm³/mol. The van der Waals surface area contributed by atoms with Crippen LogP contribution in [0.5, 0.6) is 0 Å². The van der Waals surface area contributed by atoms with Gasteiger partial charge >= 0.3 is 0 Å². The van der Waals surface area contributed by atoms with E-state index in [0.717, 1.165) is 11.1 Å². The summed E-state index contributed by atoms with van der Waals surface area (Å²) in [4.78, 5) is 26.6. The highest BCUT2D eigenvalue weighted by Crippen LogP contribution is 2.43. The van der Waals surface area contributed by atoms with Gasteiger partial charge in [-0.15, -0.1) is 11.8 Å². The van der Waals surface area contributed by atoms with E-state index in [0.29, 0.717) is 16.3 Å². The van der Waals surface area contributed by atoms with Gasteiger partial charge < -0.3 is 5.32 Å². The third-order valence-electron chi connectivity index (χ3n) is 4.77. The molecule has 4 nitrogen and oxygen atoms in total. The quantitative estimate of drug-likeness (QED) is 0.556. The lowest BCUT2D eigenvalue weighted by atomic mass is 10.1. The molecule has 0 bridgehead atoms. The first-order valence-electron chi connectivity index (χ1n) is 9.29. The van der Waals surface area contributed by atoms with Crippen LogP contribution in [0.1, 0.15) is 26.9 Å². The number of thioether (sulfide) groups is 1. The molecule has 3 aromatic carbocycles. The summed E-state index contributed by atoms with van der Waals surface area (Å²) < 4.78 is 14.5. The first-order chi connectivity index (χ1) is 14.4. The normalized spacial score (nSPS) is 16.0. The third-order valence-corrected chi connectivity index (χ3v) is 6.23. The summed E-state index contributed by atoms with van der Waals surface area (Å²) >= 11 is 7.30. The van der Waals surface area contributed by atoms with E-state index in [1.165, 1.54) is 22.7 Å². The lowest BCUT2D eigenvalue weighted by Gasteiger charge is -2.25. The smallest absolute Gasteiger partial charge is 0.255 e. The Morgan fingerprint density at radius 2 is 1.90 bits per heavy atom. The number of halogens is 2. The highest BCUT2D eigenvalue weighted by Gasteiger charge is 2.35. The van der Waals surface area contributed by atoms with Crippen molar-refractivity contribution < 1.29 is 14.0 Å². The van der Waals surface area contributed by atoms with E-state index < -0.39 is 5.82 Å². The maximum absolute atomic E-state index is 14.5. The number of nitrogens with zero attached hydrogens (tertiary/aromatic N) is 1. The molecule has 1 fully saturated rings. The number of anilines is 2. The van der Waals surface area contributed by atoms with Crippen molar-refractivity contribution in [2.24, 2.45) is 0 Å². The Morgan fingerprint density at radius 1 is 1.13 bits per heavy atom. The average Bonchev–Trinajstić information content (AvgIpc) is 3.12. The molecule has 1 heterocycles. The lowest BCUT2D eigenvalue weighted by molar-refractivity contribution is -0.115. The zero-order chi connectivity index (χ0) is 21.3. The Hall–Kier alpha value is -2.83. The Kier molecular flexibility index (Phi) is 5.79. The fourth-order valence-electron chi connectivity index (χ4n) is 3.31.